The van der Waals surface area contributed by atoms with Crippen LogP contribution in [-0.2, 0) is 10.0 Å². The molecule has 7 nitrogen and oxygen atoms in total. The van der Waals surface area contributed by atoms with E-state index in [1.54, 1.807) is 19.1 Å². The average molecular weight is 423 g/mol. The van der Waals surface area contributed by atoms with Crippen LogP contribution in [-0.4, -0.2) is 39.3 Å². The second-order valence-electron chi connectivity index (χ2n) is 7.00. The molecule has 2 aromatic rings. The first kappa shape index (κ1) is 23.2. The van der Waals surface area contributed by atoms with Crippen LogP contribution in [0.1, 0.15) is 37.5 Å². The molecule has 2 atom stereocenters. The van der Waals surface area contributed by atoms with Gasteiger partial charge in [-0.25, -0.2) is 13.6 Å². The summed E-state index contributed by atoms with van der Waals surface area (Å²) in [7, 11) is -3.83. The number of nitrogens with one attached hydrogen (secondary N) is 1. The molecule has 0 heterocycles. The summed E-state index contributed by atoms with van der Waals surface area (Å²) >= 11 is 0. The minimum Gasteiger partial charge on any atom is -0.490 e. The van der Waals surface area contributed by atoms with Crippen LogP contribution in [0, 0.1) is 6.92 Å². The zero-order chi connectivity index (χ0) is 21.4. The van der Waals surface area contributed by atoms with E-state index < -0.39 is 16.1 Å². The fourth-order valence-electron chi connectivity index (χ4n) is 2.74. The van der Waals surface area contributed by atoms with E-state index >= 15 is 0 Å². The fraction of sp³-hybridized carbons (Fsp3) is 0.429. The van der Waals surface area contributed by atoms with Gasteiger partial charge >= 0.3 is 0 Å². The number of aryl methyl sites for hydroxylation is 1. The lowest BCUT2D eigenvalue weighted by molar-refractivity contribution is 0.162. The lowest BCUT2D eigenvalue weighted by Gasteiger charge is -2.19. The van der Waals surface area contributed by atoms with E-state index in [1.807, 2.05) is 38.1 Å². The van der Waals surface area contributed by atoms with Crippen LogP contribution in [0.15, 0.2) is 47.4 Å². The van der Waals surface area contributed by atoms with Gasteiger partial charge in [-0.3, -0.25) is 0 Å². The van der Waals surface area contributed by atoms with Gasteiger partial charge in [-0.05, 0) is 49.6 Å². The first-order chi connectivity index (χ1) is 13.7. The Balaban J connectivity index is 1.91. The van der Waals surface area contributed by atoms with Crippen LogP contribution in [0.4, 0.5) is 0 Å². The molecular weight excluding hydrogens is 392 g/mol. The fourth-order valence-corrected chi connectivity index (χ4v) is 3.55. The molecule has 2 aromatic carbocycles. The highest BCUT2D eigenvalue weighted by Crippen LogP contribution is 2.26. The van der Waals surface area contributed by atoms with E-state index in [9.17, 15) is 13.5 Å². The van der Waals surface area contributed by atoms with Gasteiger partial charge in [-0.15, -0.1) is 0 Å². The highest BCUT2D eigenvalue weighted by atomic mass is 32.2. The quantitative estimate of drug-likeness (QED) is 0.513. The highest BCUT2D eigenvalue weighted by Gasteiger charge is 2.16. The number of nitrogens with two attached hydrogens (primary N) is 1. The number of para-hydroxylation sites is 2. The van der Waals surface area contributed by atoms with Gasteiger partial charge in [0.2, 0.25) is 10.0 Å². The predicted octanol–water partition coefficient (Wildman–Crippen LogP) is 2.52. The smallest absolute Gasteiger partial charge is 0.238 e. The maximum atomic E-state index is 11.7. The molecule has 0 saturated carbocycles. The topological polar surface area (TPSA) is 111 Å². The molecule has 160 valence electrons. The van der Waals surface area contributed by atoms with Crippen molar-refractivity contribution in [3.63, 3.8) is 0 Å². The molecule has 8 heteroatoms. The second kappa shape index (κ2) is 10.6. The van der Waals surface area contributed by atoms with Gasteiger partial charge in [-0.1, -0.05) is 31.2 Å². The number of aliphatic hydroxyl groups is 1. The van der Waals surface area contributed by atoms with E-state index in [2.05, 4.69) is 5.32 Å². The number of primary sulfonamides is 1. The molecule has 0 bridgehead atoms. The van der Waals surface area contributed by atoms with Crippen molar-refractivity contribution in [2.45, 2.75) is 44.2 Å². The van der Waals surface area contributed by atoms with E-state index in [0.717, 1.165) is 6.42 Å². The first-order valence-electron chi connectivity index (χ1n) is 9.61. The Morgan fingerprint density at radius 2 is 1.79 bits per heavy atom. The highest BCUT2D eigenvalue weighted by molar-refractivity contribution is 7.89. The van der Waals surface area contributed by atoms with E-state index in [1.165, 1.54) is 6.07 Å². The van der Waals surface area contributed by atoms with Crippen molar-refractivity contribution < 1.29 is 23.0 Å². The number of hydrogen-bond donors (Lipinski definition) is 3. The van der Waals surface area contributed by atoms with Crippen LogP contribution in [0.3, 0.4) is 0 Å². The predicted molar refractivity (Wildman–Crippen MR) is 113 cm³/mol. The Morgan fingerprint density at radius 1 is 1.14 bits per heavy atom. The molecule has 2 unspecified atom stereocenters. The average Bonchev–Trinajstić information content (AvgIpc) is 2.68. The van der Waals surface area contributed by atoms with E-state index in [-0.39, 0.29) is 17.5 Å². The van der Waals surface area contributed by atoms with Crippen LogP contribution in [0.2, 0.25) is 0 Å². The Kier molecular flexibility index (Phi) is 8.45. The summed E-state index contributed by atoms with van der Waals surface area (Å²) in [5.74, 6) is 1.38. The Bertz CT molecular complexity index is 902. The van der Waals surface area contributed by atoms with Gasteiger partial charge in [0.05, 0.1) is 17.6 Å². The van der Waals surface area contributed by atoms with Gasteiger partial charge < -0.3 is 19.9 Å². The van der Waals surface area contributed by atoms with Crippen LogP contribution in [0.5, 0.6) is 11.5 Å². The summed E-state index contributed by atoms with van der Waals surface area (Å²) in [5.41, 5.74) is 1.03. The van der Waals surface area contributed by atoms with Crippen LogP contribution < -0.4 is 19.9 Å². The van der Waals surface area contributed by atoms with Crippen molar-refractivity contribution >= 4 is 10.0 Å². The normalized spacial score (nSPS) is 13.7. The minimum absolute atomic E-state index is 0.0223. The zero-order valence-electron chi connectivity index (χ0n) is 17.1. The molecule has 0 saturated heterocycles. The summed E-state index contributed by atoms with van der Waals surface area (Å²) in [5, 5.41) is 18.8. The summed E-state index contributed by atoms with van der Waals surface area (Å²) in [6, 6.07) is 12.2. The Morgan fingerprint density at radius 3 is 2.41 bits per heavy atom. The Labute approximate surface area is 172 Å². The van der Waals surface area contributed by atoms with Crippen molar-refractivity contribution in [2.75, 3.05) is 19.8 Å². The molecular formula is C21H30N2O5S. The summed E-state index contributed by atoms with van der Waals surface area (Å²) in [4.78, 5) is 0.0223. The molecule has 4 N–H and O–H groups in total. The standard InChI is InChI=1S/C21H30N2O5S/c1-4-11-27-19-7-5-6-8-20(19)28-14-16(3)23-13-18(24)17-10-9-15(2)21(12-17)29(22,25)26/h5-10,12,16,18,23-24H,4,11,13-14H2,1-3H3,(H2,22,25,26). The van der Waals surface area contributed by atoms with Gasteiger partial charge in [0.25, 0.3) is 0 Å². The Hall–Kier alpha value is -2.13. The lowest BCUT2D eigenvalue weighted by atomic mass is 10.1. The minimum atomic E-state index is -3.83. The maximum Gasteiger partial charge on any atom is 0.238 e. The molecule has 0 aliphatic rings. The van der Waals surface area contributed by atoms with Crippen molar-refractivity contribution in [3.8, 4) is 11.5 Å². The molecule has 0 spiro atoms. The van der Waals surface area contributed by atoms with Crippen molar-refractivity contribution in [2.24, 2.45) is 5.14 Å². The third kappa shape index (κ3) is 7.01. The largest absolute Gasteiger partial charge is 0.490 e. The summed E-state index contributed by atoms with van der Waals surface area (Å²) < 4.78 is 34.8. The lowest BCUT2D eigenvalue weighted by Crippen LogP contribution is -2.35. The van der Waals surface area contributed by atoms with Gasteiger partial charge in [0.1, 0.15) is 6.61 Å². The van der Waals surface area contributed by atoms with Gasteiger partial charge in [0.15, 0.2) is 11.5 Å². The first-order valence-corrected chi connectivity index (χ1v) is 11.2. The maximum absolute atomic E-state index is 11.7. The molecule has 0 aliphatic heterocycles. The van der Waals surface area contributed by atoms with Crippen molar-refractivity contribution in [3.05, 3.63) is 53.6 Å². The number of rotatable bonds is 11. The van der Waals surface area contributed by atoms with Gasteiger partial charge in [-0.2, -0.15) is 0 Å². The molecule has 0 fully saturated rings. The monoisotopic (exact) mass is 422 g/mol. The summed E-state index contributed by atoms with van der Waals surface area (Å²) in [6.45, 7) is 6.89. The number of aliphatic hydroxyl groups excluding tert-OH is 1. The SMILES string of the molecule is CCCOc1ccccc1OCC(C)NCC(O)c1ccc(C)c(S(N)(=O)=O)c1. The van der Waals surface area contributed by atoms with Crippen LogP contribution in [0.25, 0.3) is 0 Å². The van der Waals surface area contributed by atoms with E-state index in [0.29, 0.717) is 35.8 Å². The summed E-state index contributed by atoms with van der Waals surface area (Å²) in [6.07, 6.45) is 0.0369. The van der Waals surface area contributed by atoms with Crippen LogP contribution >= 0.6 is 0 Å². The number of benzene rings is 2. The number of hydrogen-bond acceptors (Lipinski definition) is 6. The number of sulfonamides is 1. The molecule has 0 amide bonds. The van der Waals surface area contributed by atoms with Crippen molar-refractivity contribution in [1.82, 2.24) is 5.32 Å². The third-order valence-electron chi connectivity index (χ3n) is 4.36. The van der Waals surface area contributed by atoms with E-state index in [4.69, 9.17) is 14.6 Å². The molecule has 0 aliphatic carbocycles. The van der Waals surface area contributed by atoms with Gasteiger partial charge in [0, 0.05) is 12.6 Å². The molecule has 0 radical (unpaired) electrons. The molecule has 2 rings (SSSR count). The third-order valence-corrected chi connectivity index (χ3v) is 5.42. The zero-order valence-corrected chi connectivity index (χ0v) is 17.9. The number of ether oxygens (including phenoxy) is 2. The molecule has 0 aromatic heterocycles. The van der Waals surface area contributed by atoms with Crippen molar-refractivity contribution in [1.29, 1.82) is 0 Å². The second-order valence-corrected chi connectivity index (χ2v) is 8.53. The molecule has 29 heavy (non-hydrogen) atoms.